The minimum Gasteiger partial charge on any atom is -0.497 e. The Hall–Kier alpha value is -1.57. The maximum Gasteiger partial charge on any atom is 0.121 e. The Morgan fingerprint density at radius 2 is 2.12 bits per heavy atom. The van der Waals surface area contributed by atoms with Gasteiger partial charge in [-0.1, -0.05) is 25.5 Å². The molecule has 2 nitrogen and oxygen atoms in total. The third-order valence-corrected chi connectivity index (χ3v) is 2.70. The van der Waals surface area contributed by atoms with Crippen molar-refractivity contribution in [3.8, 4) is 5.75 Å². The van der Waals surface area contributed by atoms with Gasteiger partial charge in [0, 0.05) is 11.6 Å². The molecule has 0 radical (unpaired) electrons. The van der Waals surface area contributed by atoms with Crippen LogP contribution in [0.15, 0.2) is 28.8 Å². The molecule has 1 aromatic rings. The normalized spacial score (nSPS) is 11.7. The van der Waals surface area contributed by atoms with E-state index in [0.717, 1.165) is 17.0 Å². The van der Waals surface area contributed by atoms with E-state index < -0.39 is 0 Å². The Labute approximate surface area is 97.7 Å². The van der Waals surface area contributed by atoms with Crippen molar-refractivity contribution in [2.45, 2.75) is 20.8 Å². The highest BCUT2D eigenvalue weighted by Gasteiger charge is 2.02. The summed E-state index contributed by atoms with van der Waals surface area (Å²) in [6.45, 7) is 10.1. The molecule has 0 spiro atoms. The number of allylic oxidation sites excluding steroid dienone is 1. The van der Waals surface area contributed by atoms with E-state index in [9.17, 15) is 0 Å². The summed E-state index contributed by atoms with van der Waals surface area (Å²) in [4.78, 5) is 4.02. The molecule has 0 aliphatic carbocycles. The van der Waals surface area contributed by atoms with Gasteiger partial charge in [0.15, 0.2) is 0 Å². The van der Waals surface area contributed by atoms with Crippen molar-refractivity contribution in [2.24, 2.45) is 10.9 Å². The molecule has 0 fully saturated rings. The maximum absolute atomic E-state index is 5.16. The molecule has 0 amide bonds. The molecular formula is C14H19NO. The fourth-order valence-corrected chi connectivity index (χ4v) is 1.32. The van der Waals surface area contributed by atoms with E-state index in [1.165, 1.54) is 5.57 Å². The minimum absolute atomic E-state index is 0.541. The van der Waals surface area contributed by atoms with Crippen LogP contribution in [0.1, 0.15) is 26.3 Å². The molecule has 0 aromatic heterocycles. The number of hydrogen-bond acceptors (Lipinski definition) is 2. The first-order valence-corrected chi connectivity index (χ1v) is 5.41. The molecule has 0 aliphatic rings. The molecule has 0 heterocycles. The van der Waals surface area contributed by atoms with Gasteiger partial charge in [-0.2, -0.15) is 0 Å². The standard InChI is InChI=1S/C14H19NO/c1-10(2)11(3)8-12-6-7-13(16-5)9-14(12)15-4/h6-10H,4H2,1-3,5H3/b11-8+. The zero-order valence-electron chi connectivity index (χ0n) is 10.4. The van der Waals surface area contributed by atoms with Gasteiger partial charge in [0.2, 0.25) is 0 Å². The van der Waals surface area contributed by atoms with Gasteiger partial charge in [-0.3, -0.25) is 4.99 Å². The van der Waals surface area contributed by atoms with Crippen molar-refractivity contribution < 1.29 is 4.74 Å². The summed E-state index contributed by atoms with van der Waals surface area (Å²) in [6, 6.07) is 5.84. The first-order valence-electron chi connectivity index (χ1n) is 5.41. The van der Waals surface area contributed by atoms with Crippen molar-refractivity contribution >= 4 is 18.5 Å². The summed E-state index contributed by atoms with van der Waals surface area (Å²) in [5, 5.41) is 0. The second-order valence-corrected chi connectivity index (χ2v) is 4.13. The zero-order chi connectivity index (χ0) is 12.1. The number of hydrogen-bond donors (Lipinski definition) is 0. The average molecular weight is 217 g/mol. The van der Waals surface area contributed by atoms with Crippen LogP contribution in [0, 0.1) is 5.92 Å². The van der Waals surface area contributed by atoms with Gasteiger partial charge in [0.1, 0.15) is 5.75 Å². The number of rotatable bonds is 4. The lowest BCUT2D eigenvalue weighted by molar-refractivity contribution is 0.415. The summed E-state index contributed by atoms with van der Waals surface area (Å²) < 4.78 is 5.16. The lowest BCUT2D eigenvalue weighted by atomic mass is 10.0. The van der Waals surface area contributed by atoms with Crippen LogP contribution in [0.2, 0.25) is 0 Å². The molecular weight excluding hydrogens is 198 g/mol. The van der Waals surface area contributed by atoms with E-state index in [1.807, 2.05) is 18.2 Å². The lowest BCUT2D eigenvalue weighted by Crippen LogP contribution is -1.89. The van der Waals surface area contributed by atoms with Crippen molar-refractivity contribution in [3.63, 3.8) is 0 Å². The van der Waals surface area contributed by atoms with Crippen molar-refractivity contribution in [2.75, 3.05) is 7.11 Å². The molecule has 0 bridgehead atoms. The van der Waals surface area contributed by atoms with Crippen LogP contribution in [0.25, 0.3) is 6.08 Å². The molecule has 2 heteroatoms. The topological polar surface area (TPSA) is 21.6 Å². The van der Waals surface area contributed by atoms with Crippen molar-refractivity contribution in [1.82, 2.24) is 0 Å². The molecule has 16 heavy (non-hydrogen) atoms. The highest BCUT2D eigenvalue weighted by Crippen LogP contribution is 2.27. The largest absolute Gasteiger partial charge is 0.497 e. The predicted molar refractivity (Wildman–Crippen MR) is 70.7 cm³/mol. The van der Waals surface area contributed by atoms with Crippen LogP contribution in [0.5, 0.6) is 5.75 Å². The summed E-state index contributed by atoms with van der Waals surface area (Å²) in [5.41, 5.74) is 3.27. The Bertz CT molecular complexity index is 405. The molecule has 0 saturated carbocycles. The number of nitrogens with zero attached hydrogens (tertiary/aromatic N) is 1. The van der Waals surface area contributed by atoms with Gasteiger partial charge in [0.25, 0.3) is 0 Å². The summed E-state index contributed by atoms with van der Waals surface area (Å²) >= 11 is 0. The third-order valence-electron chi connectivity index (χ3n) is 2.70. The smallest absolute Gasteiger partial charge is 0.121 e. The Balaban J connectivity index is 3.14. The van der Waals surface area contributed by atoms with Crippen molar-refractivity contribution in [3.05, 3.63) is 29.3 Å². The quantitative estimate of drug-likeness (QED) is 0.696. The molecule has 1 aromatic carbocycles. The van der Waals surface area contributed by atoms with Gasteiger partial charge >= 0.3 is 0 Å². The molecule has 1 rings (SSSR count). The number of benzene rings is 1. The average Bonchev–Trinajstić information content (AvgIpc) is 2.29. The van der Waals surface area contributed by atoms with E-state index in [1.54, 1.807) is 7.11 Å². The first-order chi connectivity index (χ1) is 7.58. The van der Waals surface area contributed by atoms with Crippen LogP contribution >= 0.6 is 0 Å². The molecule has 86 valence electrons. The van der Waals surface area contributed by atoms with E-state index in [2.05, 4.69) is 38.6 Å². The summed E-state index contributed by atoms with van der Waals surface area (Å²) in [5.74, 6) is 1.35. The van der Waals surface area contributed by atoms with Gasteiger partial charge in [-0.25, -0.2) is 0 Å². The molecule has 0 unspecified atom stereocenters. The van der Waals surface area contributed by atoms with Crippen LogP contribution < -0.4 is 4.74 Å². The fraction of sp³-hybridized carbons (Fsp3) is 0.357. The number of ether oxygens (including phenoxy) is 1. The fourth-order valence-electron chi connectivity index (χ4n) is 1.32. The molecule has 0 saturated heterocycles. The highest BCUT2D eigenvalue weighted by molar-refractivity contribution is 5.68. The SMILES string of the molecule is C=Nc1cc(OC)ccc1/C=C(\C)C(C)C. The van der Waals surface area contributed by atoms with Crippen molar-refractivity contribution in [1.29, 1.82) is 0 Å². The number of methoxy groups -OCH3 is 1. The molecule has 0 aliphatic heterocycles. The minimum atomic E-state index is 0.541. The van der Waals surface area contributed by atoms with Crippen LogP contribution in [-0.4, -0.2) is 13.8 Å². The summed E-state index contributed by atoms with van der Waals surface area (Å²) in [6.07, 6.45) is 2.15. The molecule has 0 atom stereocenters. The van der Waals surface area contributed by atoms with Crippen LogP contribution in [0.4, 0.5) is 5.69 Å². The lowest BCUT2D eigenvalue weighted by Gasteiger charge is -2.08. The second-order valence-electron chi connectivity index (χ2n) is 4.13. The van der Waals surface area contributed by atoms with Crippen LogP contribution in [0.3, 0.4) is 0 Å². The Kier molecular flexibility index (Phi) is 4.29. The Morgan fingerprint density at radius 1 is 1.44 bits per heavy atom. The van der Waals surface area contributed by atoms with E-state index in [4.69, 9.17) is 4.74 Å². The maximum atomic E-state index is 5.16. The number of aliphatic imine (C=N–C) groups is 1. The Morgan fingerprint density at radius 3 is 2.62 bits per heavy atom. The third kappa shape index (κ3) is 2.96. The van der Waals surface area contributed by atoms with E-state index in [0.29, 0.717) is 5.92 Å². The second kappa shape index (κ2) is 5.50. The van der Waals surface area contributed by atoms with Gasteiger partial charge in [-0.15, -0.1) is 0 Å². The summed E-state index contributed by atoms with van der Waals surface area (Å²) in [7, 11) is 1.65. The first kappa shape index (κ1) is 12.5. The monoisotopic (exact) mass is 217 g/mol. The van der Waals surface area contributed by atoms with E-state index in [-0.39, 0.29) is 0 Å². The van der Waals surface area contributed by atoms with Gasteiger partial charge < -0.3 is 4.74 Å². The predicted octanol–water partition coefficient (Wildman–Crippen LogP) is 4.09. The zero-order valence-corrected chi connectivity index (χ0v) is 10.4. The van der Waals surface area contributed by atoms with E-state index >= 15 is 0 Å². The van der Waals surface area contributed by atoms with Gasteiger partial charge in [0.05, 0.1) is 12.8 Å². The van der Waals surface area contributed by atoms with Gasteiger partial charge in [-0.05, 0) is 31.7 Å². The van der Waals surface area contributed by atoms with Crippen LogP contribution in [-0.2, 0) is 0 Å². The highest BCUT2D eigenvalue weighted by atomic mass is 16.5. The molecule has 0 N–H and O–H groups in total.